The van der Waals surface area contributed by atoms with Crippen molar-refractivity contribution in [3.63, 3.8) is 0 Å². The number of aromatic carboxylic acids is 1. The van der Waals surface area contributed by atoms with E-state index in [1.165, 1.54) is 24.2 Å². The van der Waals surface area contributed by atoms with E-state index in [0.29, 0.717) is 0 Å². The number of hydrogen-bond donors (Lipinski definition) is 1. The Morgan fingerprint density at radius 2 is 2.00 bits per heavy atom. The molecule has 0 atom stereocenters. The Balaban J connectivity index is 2.38. The van der Waals surface area contributed by atoms with Gasteiger partial charge in [0.25, 0.3) is 0 Å². The molecule has 1 heterocycles. The van der Waals surface area contributed by atoms with Gasteiger partial charge >= 0.3 is 11.9 Å². The summed E-state index contributed by atoms with van der Waals surface area (Å²) < 4.78 is 5.77. The average molecular weight is 272 g/mol. The summed E-state index contributed by atoms with van der Waals surface area (Å²) in [6, 6.07) is 9.36. The Labute approximate surface area is 114 Å². The number of rotatable bonds is 4. The predicted molar refractivity (Wildman–Crippen MR) is 72.2 cm³/mol. The van der Waals surface area contributed by atoms with Gasteiger partial charge < -0.3 is 9.84 Å². The van der Waals surface area contributed by atoms with Gasteiger partial charge in [-0.1, -0.05) is 30.3 Å². The van der Waals surface area contributed by atoms with E-state index in [-0.39, 0.29) is 11.4 Å². The van der Waals surface area contributed by atoms with E-state index < -0.39 is 11.9 Å². The lowest BCUT2D eigenvalue weighted by Crippen LogP contribution is -2.12. The van der Waals surface area contributed by atoms with Crippen LogP contribution >= 0.6 is 0 Å². The van der Waals surface area contributed by atoms with Gasteiger partial charge in [-0.05, 0) is 11.6 Å². The molecular weight excluding hydrogens is 260 g/mol. The van der Waals surface area contributed by atoms with Gasteiger partial charge in [-0.25, -0.2) is 14.6 Å². The molecule has 0 aliphatic heterocycles. The summed E-state index contributed by atoms with van der Waals surface area (Å²) in [6.07, 6.45) is 4.50. The Hall–Kier alpha value is -2.89. The fourth-order valence-electron chi connectivity index (χ4n) is 1.66. The van der Waals surface area contributed by atoms with Crippen molar-refractivity contribution in [1.29, 1.82) is 0 Å². The standard InChI is InChI=1S/C14H12N2O4/c1-20-14(19)11-12(13(17)18)16(9-15-11)8-7-10-5-3-2-4-6-10/h2-9H,1H3,(H,17,18)/b8-7+. The van der Waals surface area contributed by atoms with E-state index in [9.17, 15) is 14.7 Å². The molecule has 0 bridgehead atoms. The van der Waals surface area contributed by atoms with Crippen molar-refractivity contribution in [2.24, 2.45) is 0 Å². The summed E-state index contributed by atoms with van der Waals surface area (Å²) in [7, 11) is 1.17. The molecule has 0 fully saturated rings. The fraction of sp³-hybridized carbons (Fsp3) is 0.0714. The summed E-state index contributed by atoms with van der Waals surface area (Å²) in [5.74, 6) is -2.03. The summed E-state index contributed by atoms with van der Waals surface area (Å²) in [6.45, 7) is 0. The molecule has 0 saturated carbocycles. The zero-order chi connectivity index (χ0) is 14.5. The minimum absolute atomic E-state index is 0.224. The van der Waals surface area contributed by atoms with Gasteiger partial charge in [0.15, 0.2) is 11.4 Å². The highest BCUT2D eigenvalue weighted by Gasteiger charge is 2.23. The zero-order valence-electron chi connectivity index (χ0n) is 10.7. The molecule has 102 valence electrons. The zero-order valence-corrected chi connectivity index (χ0v) is 10.7. The van der Waals surface area contributed by atoms with Crippen LogP contribution in [0.5, 0.6) is 0 Å². The highest BCUT2D eigenvalue weighted by Crippen LogP contribution is 2.11. The molecule has 0 radical (unpaired) electrons. The van der Waals surface area contributed by atoms with Crippen LogP contribution in [0.4, 0.5) is 0 Å². The van der Waals surface area contributed by atoms with Crippen molar-refractivity contribution >= 4 is 24.2 Å². The molecule has 20 heavy (non-hydrogen) atoms. The summed E-state index contributed by atoms with van der Waals surface area (Å²) >= 11 is 0. The maximum Gasteiger partial charge on any atom is 0.359 e. The first-order valence-electron chi connectivity index (χ1n) is 5.75. The van der Waals surface area contributed by atoms with Crippen LogP contribution in [0.1, 0.15) is 26.5 Å². The molecule has 2 aromatic rings. The van der Waals surface area contributed by atoms with Crippen LogP contribution in [-0.4, -0.2) is 33.7 Å². The maximum absolute atomic E-state index is 11.4. The largest absolute Gasteiger partial charge is 0.476 e. The van der Waals surface area contributed by atoms with E-state index in [4.69, 9.17) is 0 Å². The number of carbonyl (C=O) groups is 2. The summed E-state index contributed by atoms with van der Waals surface area (Å²) in [5, 5.41) is 9.17. The number of carbonyl (C=O) groups excluding carboxylic acids is 1. The molecule has 0 spiro atoms. The van der Waals surface area contributed by atoms with Gasteiger partial charge in [0.05, 0.1) is 7.11 Å². The van der Waals surface area contributed by atoms with E-state index >= 15 is 0 Å². The first-order chi connectivity index (χ1) is 9.63. The van der Waals surface area contributed by atoms with E-state index in [2.05, 4.69) is 9.72 Å². The first-order valence-corrected chi connectivity index (χ1v) is 5.75. The van der Waals surface area contributed by atoms with Crippen LogP contribution in [0.3, 0.4) is 0 Å². The molecule has 1 aromatic carbocycles. The third kappa shape index (κ3) is 2.74. The maximum atomic E-state index is 11.4. The molecule has 6 nitrogen and oxygen atoms in total. The van der Waals surface area contributed by atoms with Crippen LogP contribution in [0.15, 0.2) is 36.7 Å². The Morgan fingerprint density at radius 1 is 1.30 bits per heavy atom. The normalized spacial score (nSPS) is 10.7. The lowest BCUT2D eigenvalue weighted by atomic mass is 10.2. The molecule has 0 aliphatic carbocycles. The third-order valence-electron chi connectivity index (χ3n) is 2.60. The number of methoxy groups -OCH3 is 1. The second-order valence-electron chi connectivity index (χ2n) is 3.87. The smallest absolute Gasteiger partial charge is 0.359 e. The molecule has 1 N–H and O–H groups in total. The van der Waals surface area contributed by atoms with Crippen molar-refractivity contribution in [3.05, 3.63) is 53.6 Å². The first kappa shape index (κ1) is 13.5. The van der Waals surface area contributed by atoms with Crippen LogP contribution in [0.2, 0.25) is 0 Å². The number of carboxylic acids is 1. The molecule has 6 heteroatoms. The van der Waals surface area contributed by atoms with E-state index in [1.54, 1.807) is 6.08 Å². The minimum Gasteiger partial charge on any atom is -0.476 e. The van der Waals surface area contributed by atoms with Gasteiger partial charge in [-0.2, -0.15) is 0 Å². The molecule has 0 amide bonds. The Kier molecular flexibility index (Phi) is 3.95. The van der Waals surface area contributed by atoms with Crippen molar-refractivity contribution in [1.82, 2.24) is 9.55 Å². The lowest BCUT2D eigenvalue weighted by Gasteiger charge is -2.00. The van der Waals surface area contributed by atoms with E-state index in [0.717, 1.165) is 5.56 Å². The third-order valence-corrected chi connectivity index (χ3v) is 2.60. The highest BCUT2D eigenvalue weighted by molar-refractivity contribution is 6.00. The molecule has 1 aromatic heterocycles. The molecule has 2 rings (SSSR count). The number of esters is 1. The highest BCUT2D eigenvalue weighted by atomic mass is 16.5. The van der Waals surface area contributed by atoms with Crippen molar-refractivity contribution in [2.75, 3.05) is 7.11 Å². The summed E-state index contributed by atoms with van der Waals surface area (Å²) in [5.41, 5.74) is 0.443. The van der Waals surface area contributed by atoms with Crippen molar-refractivity contribution in [3.8, 4) is 0 Å². The summed E-state index contributed by atoms with van der Waals surface area (Å²) in [4.78, 5) is 26.5. The van der Waals surface area contributed by atoms with Crippen LogP contribution < -0.4 is 0 Å². The number of nitrogens with zero attached hydrogens (tertiary/aromatic N) is 2. The number of carboxylic acid groups (broad SMARTS) is 1. The minimum atomic E-state index is -1.25. The average Bonchev–Trinajstić information content (AvgIpc) is 2.89. The molecular formula is C14H12N2O4. The predicted octanol–water partition coefficient (Wildman–Crippen LogP) is 2.00. The topological polar surface area (TPSA) is 81.4 Å². The Morgan fingerprint density at radius 3 is 2.60 bits per heavy atom. The van der Waals surface area contributed by atoms with Crippen LogP contribution in [-0.2, 0) is 4.74 Å². The van der Waals surface area contributed by atoms with Gasteiger partial charge in [-0.15, -0.1) is 0 Å². The van der Waals surface area contributed by atoms with Gasteiger partial charge in [0, 0.05) is 6.20 Å². The number of aromatic nitrogens is 2. The fourth-order valence-corrected chi connectivity index (χ4v) is 1.66. The Bertz CT molecular complexity index is 659. The quantitative estimate of drug-likeness (QED) is 0.861. The molecule has 0 saturated heterocycles. The lowest BCUT2D eigenvalue weighted by molar-refractivity contribution is 0.0575. The van der Waals surface area contributed by atoms with Crippen LogP contribution in [0, 0.1) is 0 Å². The number of imidazole rings is 1. The second kappa shape index (κ2) is 5.83. The van der Waals surface area contributed by atoms with Gasteiger partial charge in [0.1, 0.15) is 6.33 Å². The van der Waals surface area contributed by atoms with Crippen molar-refractivity contribution < 1.29 is 19.4 Å². The number of ether oxygens (including phenoxy) is 1. The van der Waals surface area contributed by atoms with Crippen molar-refractivity contribution in [2.45, 2.75) is 0 Å². The SMILES string of the molecule is COC(=O)c1ncn(/C=C/c2ccccc2)c1C(=O)O. The second-order valence-corrected chi connectivity index (χ2v) is 3.87. The number of benzene rings is 1. The van der Waals surface area contributed by atoms with Gasteiger partial charge in [-0.3, -0.25) is 4.57 Å². The molecule has 0 aliphatic rings. The van der Waals surface area contributed by atoms with Gasteiger partial charge in [0.2, 0.25) is 0 Å². The van der Waals surface area contributed by atoms with E-state index in [1.807, 2.05) is 30.3 Å². The van der Waals surface area contributed by atoms with Crippen LogP contribution in [0.25, 0.3) is 12.3 Å². The monoisotopic (exact) mass is 272 g/mol. The number of hydrogen-bond acceptors (Lipinski definition) is 4. The molecule has 0 unspecified atom stereocenters.